The summed E-state index contributed by atoms with van der Waals surface area (Å²) in [4.78, 5) is 31.3. The fraction of sp³-hybridized carbons (Fsp3) is 0.276. The van der Waals surface area contributed by atoms with Gasteiger partial charge in [-0.2, -0.15) is 0 Å². The Morgan fingerprint density at radius 1 is 1.06 bits per heavy atom. The van der Waals surface area contributed by atoms with Crippen molar-refractivity contribution >= 4 is 22.7 Å². The second-order valence-electron chi connectivity index (χ2n) is 9.23. The quantitative estimate of drug-likeness (QED) is 0.283. The van der Waals surface area contributed by atoms with E-state index in [0.717, 1.165) is 58.5 Å². The van der Waals surface area contributed by atoms with Crippen molar-refractivity contribution in [3.63, 3.8) is 0 Å². The number of esters is 1. The van der Waals surface area contributed by atoms with Gasteiger partial charge in [0.25, 0.3) is 0 Å². The van der Waals surface area contributed by atoms with Crippen LogP contribution in [0.5, 0.6) is 0 Å². The molecule has 0 saturated carbocycles. The number of aromatic nitrogens is 2. The Morgan fingerprint density at radius 3 is 2.59 bits per heavy atom. The zero-order chi connectivity index (χ0) is 23.8. The van der Waals surface area contributed by atoms with Crippen LogP contribution in [0, 0.1) is 19.8 Å². The van der Waals surface area contributed by atoms with Crippen LogP contribution in [0.2, 0.25) is 0 Å². The largest absolute Gasteiger partial charge is 0.454 e. The summed E-state index contributed by atoms with van der Waals surface area (Å²) in [5.41, 5.74) is 6.67. The lowest BCUT2D eigenvalue weighted by Gasteiger charge is -2.24. The number of para-hydroxylation sites is 2. The normalized spacial score (nSPS) is 15.2. The number of nitrogens with zero attached hydrogens (tertiary/aromatic N) is 2. The number of rotatable bonds is 5. The van der Waals surface area contributed by atoms with E-state index < -0.39 is 5.97 Å². The summed E-state index contributed by atoms with van der Waals surface area (Å²) in [6.45, 7) is 5.79. The molecule has 0 fully saturated rings. The predicted octanol–water partition coefficient (Wildman–Crippen LogP) is 5.81. The van der Waals surface area contributed by atoms with E-state index in [1.165, 1.54) is 0 Å². The number of ketones is 1. The molecule has 0 bridgehead atoms. The zero-order valence-corrected chi connectivity index (χ0v) is 19.8. The fourth-order valence-electron chi connectivity index (χ4n) is 5.10. The number of Topliss-reactive ketones (excluding diaryl/α,β-unsaturated/α-hetero) is 1. The fourth-order valence-corrected chi connectivity index (χ4v) is 5.10. The minimum absolute atomic E-state index is 0.204. The second kappa shape index (κ2) is 8.90. The van der Waals surface area contributed by atoms with Crippen LogP contribution < -0.4 is 0 Å². The van der Waals surface area contributed by atoms with Crippen LogP contribution in [0.4, 0.5) is 0 Å². The third kappa shape index (κ3) is 3.92. The van der Waals surface area contributed by atoms with E-state index in [0.29, 0.717) is 17.0 Å². The molecule has 1 atom stereocenters. The summed E-state index contributed by atoms with van der Waals surface area (Å²) < 4.78 is 7.68. The van der Waals surface area contributed by atoms with Crippen molar-refractivity contribution in [2.75, 3.05) is 6.61 Å². The van der Waals surface area contributed by atoms with Gasteiger partial charge in [0.2, 0.25) is 5.78 Å². The maximum Gasteiger partial charge on any atom is 0.339 e. The molecule has 172 valence electrons. The molecule has 2 aromatic heterocycles. The number of pyridine rings is 1. The van der Waals surface area contributed by atoms with Crippen molar-refractivity contribution in [3.8, 4) is 5.69 Å². The molecule has 0 aliphatic heterocycles. The Balaban J connectivity index is 1.43. The minimum Gasteiger partial charge on any atom is -0.454 e. The molecule has 4 aromatic rings. The van der Waals surface area contributed by atoms with Crippen LogP contribution in [0.3, 0.4) is 0 Å². The molecule has 5 heteroatoms. The summed E-state index contributed by atoms with van der Waals surface area (Å²) in [7, 11) is 0. The maximum absolute atomic E-state index is 13.3. The van der Waals surface area contributed by atoms with Crippen LogP contribution in [0.25, 0.3) is 16.6 Å². The Labute approximate surface area is 199 Å². The Morgan fingerprint density at radius 2 is 1.79 bits per heavy atom. The highest BCUT2D eigenvalue weighted by Crippen LogP contribution is 2.32. The number of carbonyl (C=O) groups excluding carboxylic acids is 2. The lowest BCUT2D eigenvalue weighted by atomic mass is 9.84. The highest BCUT2D eigenvalue weighted by Gasteiger charge is 2.27. The van der Waals surface area contributed by atoms with Crippen molar-refractivity contribution in [2.24, 2.45) is 5.92 Å². The number of carbonyl (C=O) groups is 2. The standard InChI is InChI=1S/C29H28N2O3/c1-18-13-14-26-24(15-18)28(22-11-7-8-12-25(22)30-26)29(33)34-17-27(32)23-16-19(2)31(20(23)3)21-9-5-4-6-10-21/h4-12,16,18H,13-15,17H2,1-3H3/t18-/m1/s1. The van der Waals surface area contributed by atoms with Gasteiger partial charge >= 0.3 is 5.97 Å². The van der Waals surface area contributed by atoms with Crippen LogP contribution in [-0.4, -0.2) is 27.9 Å². The van der Waals surface area contributed by atoms with Crippen LogP contribution >= 0.6 is 0 Å². The molecule has 2 aromatic carbocycles. The van der Waals surface area contributed by atoms with E-state index in [4.69, 9.17) is 9.72 Å². The molecule has 0 N–H and O–H groups in total. The van der Waals surface area contributed by atoms with E-state index in [9.17, 15) is 9.59 Å². The van der Waals surface area contributed by atoms with Gasteiger partial charge in [0.15, 0.2) is 6.61 Å². The highest BCUT2D eigenvalue weighted by atomic mass is 16.5. The molecule has 5 rings (SSSR count). The minimum atomic E-state index is -0.450. The first kappa shape index (κ1) is 22.1. The van der Waals surface area contributed by atoms with Crippen molar-refractivity contribution in [1.29, 1.82) is 0 Å². The number of hydrogen-bond donors (Lipinski definition) is 0. The number of fused-ring (bicyclic) bond motifs is 2. The van der Waals surface area contributed by atoms with Crippen molar-refractivity contribution in [1.82, 2.24) is 9.55 Å². The number of benzene rings is 2. The molecular formula is C29H28N2O3. The van der Waals surface area contributed by atoms with E-state index in [1.54, 1.807) is 0 Å². The summed E-state index contributed by atoms with van der Waals surface area (Å²) >= 11 is 0. The van der Waals surface area contributed by atoms with Gasteiger partial charge in [-0.3, -0.25) is 9.78 Å². The molecule has 1 aliphatic rings. The molecule has 0 amide bonds. The Kier molecular flexibility index (Phi) is 5.78. The lowest BCUT2D eigenvalue weighted by Crippen LogP contribution is -2.21. The maximum atomic E-state index is 13.3. The first-order valence-corrected chi connectivity index (χ1v) is 11.8. The highest BCUT2D eigenvalue weighted by molar-refractivity contribution is 6.06. The Hall–Kier alpha value is -3.73. The van der Waals surface area contributed by atoms with Crippen molar-refractivity contribution < 1.29 is 14.3 Å². The van der Waals surface area contributed by atoms with E-state index in [2.05, 4.69) is 6.92 Å². The van der Waals surface area contributed by atoms with Crippen LogP contribution in [0.1, 0.15) is 56.7 Å². The monoisotopic (exact) mass is 452 g/mol. The third-order valence-corrected chi connectivity index (χ3v) is 6.79. The third-order valence-electron chi connectivity index (χ3n) is 6.79. The number of aryl methyl sites for hydroxylation is 2. The van der Waals surface area contributed by atoms with Gasteiger partial charge in [-0.05, 0) is 68.9 Å². The van der Waals surface area contributed by atoms with Gasteiger partial charge in [-0.1, -0.05) is 43.3 Å². The summed E-state index contributed by atoms with van der Waals surface area (Å²) in [6.07, 6.45) is 2.71. The SMILES string of the molecule is Cc1cc(C(=O)COC(=O)c2c3c(nc4ccccc24)CC[C@@H](C)C3)c(C)n1-c1ccccc1. The molecule has 0 unspecified atom stereocenters. The average Bonchev–Trinajstić information content (AvgIpc) is 3.15. The van der Waals surface area contributed by atoms with E-state index >= 15 is 0 Å². The van der Waals surface area contributed by atoms with Crippen molar-refractivity contribution in [3.05, 3.63) is 94.4 Å². The van der Waals surface area contributed by atoms with Gasteiger partial charge in [0, 0.05) is 33.7 Å². The van der Waals surface area contributed by atoms with Crippen LogP contribution in [-0.2, 0) is 17.6 Å². The van der Waals surface area contributed by atoms with Gasteiger partial charge in [-0.25, -0.2) is 4.79 Å². The molecule has 5 nitrogen and oxygen atoms in total. The molecule has 0 radical (unpaired) electrons. The molecular weight excluding hydrogens is 424 g/mol. The van der Waals surface area contributed by atoms with Crippen molar-refractivity contribution in [2.45, 2.75) is 40.0 Å². The molecule has 2 heterocycles. The van der Waals surface area contributed by atoms with Gasteiger partial charge in [-0.15, -0.1) is 0 Å². The van der Waals surface area contributed by atoms with Crippen LogP contribution in [0.15, 0.2) is 60.7 Å². The first-order valence-electron chi connectivity index (χ1n) is 11.8. The molecule has 0 spiro atoms. The number of hydrogen-bond acceptors (Lipinski definition) is 4. The summed E-state index contributed by atoms with van der Waals surface area (Å²) in [5.74, 6) is -0.176. The van der Waals surface area contributed by atoms with E-state index in [-0.39, 0.29) is 12.4 Å². The molecule has 0 saturated heterocycles. The van der Waals surface area contributed by atoms with Gasteiger partial charge in [0.1, 0.15) is 0 Å². The van der Waals surface area contributed by atoms with Gasteiger partial charge < -0.3 is 9.30 Å². The number of ether oxygens (including phenoxy) is 1. The van der Waals surface area contributed by atoms with Gasteiger partial charge in [0.05, 0.1) is 11.1 Å². The zero-order valence-electron chi connectivity index (χ0n) is 19.8. The topological polar surface area (TPSA) is 61.2 Å². The first-order chi connectivity index (χ1) is 16.4. The molecule has 1 aliphatic carbocycles. The Bertz CT molecular complexity index is 1400. The smallest absolute Gasteiger partial charge is 0.339 e. The molecule has 34 heavy (non-hydrogen) atoms. The summed E-state index contributed by atoms with van der Waals surface area (Å²) in [5, 5.41) is 0.787. The lowest BCUT2D eigenvalue weighted by molar-refractivity contribution is 0.0475. The summed E-state index contributed by atoms with van der Waals surface area (Å²) in [6, 6.07) is 19.4. The average molecular weight is 453 g/mol. The predicted molar refractivity (Wildman–Crippen MR) is 133 cm³/mol. The second-order valence-corrected chi connectivity index (χ2v) is 9.23. The van der Waals surface area contributed by atoms with E-state index in [1.807, 2.05) is 79.1 Å².